The molecule has 0 aromatic rings. The smallest absolute Gasteiger partial charge is 0.281 e. The molecule has 5 aliphatic rings. The van der Waals surface area contributed by atoms with Gasteiger partial charge >= 0.3 is 0 Å². The van der Waals surface area contributed by atoms with Crippen LogP contribution in [0.3, 0.4) is 0 Å². The van der Waals surface area contributed by atoms with Gasteiger partial charge in [0, 0.05) is 37.8 Å². The van der Waals surface area contributed by atoms with E-state index in [1.165, 1.54) is 0 Å². The molecule has 0 radical (unpaired) electrons. The lowest BCUT2D eigenvalue weighted by Gasteiger charge is -2.59. The zero-order chi connectivity index (χ0) is 27.0. The van der Waals surface area contributed by atoms with Crippen molar-refractivity contribution in [3.8, 4) is 0 Å². The van der Waals surface area contributed by atoms with Crippen LogP contribution in [0, 0.1) is 40.4 Å². The van der Waals surface area contributed by atoms with Gasteiger partial charge in [-0.15, -0.1) is 0 Å². The maximum Gasteiger partial charge on any atom is 0.281 e. The Bertz CT molecular complexity index is 1040. The number of aliphatic hydroxyl groups is 1. The van der Waals surface area contributed by atoms with Gasteiger partial charge in [-0.25, -0.2) is 0 Å². The quantitative estimate of drug-likeness (QED) is 0.510. The van der Waals surface area contributed by atoms with E-state index in [1.54, 1.807) is 4.90 Å². The zero-order valence-corrected chi connectivity index (χ0v) is 23.6. The number of carbonyl (C=O) groups excluding carboxylic acids is 2. The number of hydrogen-bond donors (Lipinski definition) is 2. The maximum atomic E-state index is 13.9. The van der Waals surface area contributed by atoms with Crippen LogP contribution < -0.4 is 0 Å². The number of fused-ring (bicyclic) bond motifs is 5. The molecule has 0 aromatic carbocycles. The molecule has 0 aromatic heterocycles. The first-order valence-corrected chi connectivity index (χ1v) is 15.7. The molecule has 2 N–H and O–H groups in total. The third-order valence-corrected chi connectivity index (χ3v) is 12.4. The molecular weight excluding hydrogens is 494 g/mol. The number of morpholine rings is 1. The van der Waals surface area contributed by atoms with Crippen molar-refractivity contribution in [3.05, 3.63) is 0 Å². The van der Waals surface area contributed by atoms with Crippen LogP contribution in [0.4, 0.5) is 0 Å². The van der Waals surface area contributed by atoms with Gasteiger partial charge < -0.3 is 9.84 Å². The van der Waals surface area contributed by atoms with E-state index in [-0.39, 0.29) is 53.2 Å². The maximum absolute atomic E-state index is 13.9. The van der Waals surface area contributed by atoms with Crippen molar-refractivity contribution in [3.63, 3.8) is 0 Å². The van der Waals surface area contributed by atoms with Crippen LogP contribution in [0.1, 0.15) is 85.5 Å². The first-order chi connectivity index (χ1) is 17.2. The molecule has 9 heteroatoms. The van der Waals surface area contributed by atoms with Gasteiger partial charge in [0.05, 0.1) is 18.3 Å². The van der Waals surface area contributed by atoms with Crippen molar-refractivity contribution in [1.82, 2.24) is 4.90 Å². The summed E-state index contributed by atoms with van der Waals surface area (Å²) < 4.78 is 40.7. The highest BCUT2D eigenvalue weighted by molar-refractivity contribution is 7.86. The number of ketones is 2. The standard InChI is InChI=1S/C28H45NO7S/c1-26(2)16-29(11-12-36-26)24(37(33,34)35)14-22(31)21-8-7-20-19-6-5-17-13-18(30)9-10-27(17,3)25(19)23(32)15-28(20,21)4/h17-21,24-25,30H,5-16H2,1-4H3,(H,33,34,35)/t17-,18+,19-,20-,21+,24?,25+,27-,28-/m0/s1. The average molecular weight is 540 g/mol. The first-order valence-electron chi connectivity index (χ1n) is 14.2. The molecule has 1 aliphatic heterocycles. The second kappa shape index (κ2) is 9.36. The lowest BCUT2D eigenvalue weighted by atomic mass is 9.44. The third kappa shape index (κ3) is 4.75. The molecule has 5 rings (SSSR count). The Hall–Kier alpha value is -0.870. The van der Waals surface area contributed by atoms with Crippen LogP contribution in [-0.4, -0.2) is 71.3 Å². The van der Waals surface area contributed by atoms with Crippen molar-refractivity contribution in [2.45, 2.75) is 103 Å². The molecule has 210 valence electrons. The summed E-state index contributed by atoms with van der Waals surface area (Å²) in [5.74, 6) is 0.611. The number of rotatable bonds is 5. The van der Waals surface area contributed by atoms with Crippen LogP contribution >= 0.6 is 0 Å². The van der Waals surface area contributed by atoms with Gasteiger partial charge in [-0.1, -0.05) is 13.8 Å². The lowest BCUT2D eigenvalue weighted by Crippen LogP contribution is -2.58. The molecule has 0 bridgehead atoms. The molecule has 0 amide bonds. The minimum absolute atomic E-state index is 0.00757. The number of carbonyl (C=O) groups is 2. The van der Waals surface area contributed by atoms with Crippen LogP contribution in [-0.2, 0) is 24.4 Å². The molecular formula is C28H45NO7S. The predicted octanol–water partition coefficient (Wildman–Crippen LogP) is 3.47. The van der Waals surface area contributed by atoms with E-state index in [1.807, 2.05) is 13.8 Å². The van der Waals surface area contributed by atoms with Gasteiger partial charge in [-0.2, -0.15) is 8.42 Å². The summed E-state index contributed by atoms with van der Waals surface area (Å²) in [6.07, 6.45) is 5.78. The first kappa shape index (κ1) is 27.7. The Morgan fingerprint density at radius 3 is 2.51 bits per heavy atom. The van der Waals surface area contributed by atoms with Gasteiger partial charge in [0.1, 0.15) is 16.9 Å². The minimum atomic E-state index is -4.48. The van der Waals surface area contributed by atoms with Crippen LogP contribution in [0.25, 0.3) is 0 Å². The van der Waals surface area contributed by atoms with Crippen molar-refractivity contribution < 1.29 is 32.4 Å². The SMILES string of the molecule is CC1(C)CN(C(CC(=O)[C@H]2CC[C@H]3[C@@H]4CC[C@H]5C[C@H](O)CC[C@]5(C)[C@H]4C(=O)C[C@]23C)S(=O)(=O)O)CCO1. The molecule has 1 unspecified atom stereocenters. The topological polar surface area (TPSA) is 121 Å². The second-order valence-corrected chi connectivity index (χ2v) is 15.5. The number of hydrogen-bond acceptors (Lipinski definition) is 7. The van der Waals surface area contributed by atoms with E-state index < -0.39 is 26.5 Å². The summed E-state index contributed by atoms with van der Waals surface area (Å²) >= 11 is 0. The number of Topliss-reactive ketones (excluding diaryl/α,β-unsaturated/α-hetero) is 2. The molecule has 5 fully saturated rings. The van der Waals surface area contributed by atoms with E-state index >= 15 is 0 Å². The normalized spacial score (nSPS) is 45.0. The molecule has 9 atom stereocenters. The van der Waals surface area contributed by atoms with Crippen molar-refractivity contribution in [2.75, 3.05) is 19.7 Å². The number of nitrogens with zero attached hydrogens (tertiary/aromatic N) is 1. The molecule has 0 spiro atoms. The lowest BCUT2D eigenvalue weighted by molar-refractivity contribution is -0.162. The largest absolute Gasteiger partial charge is 0.393 e. The summed E-state index contributed by atoms with van der Waals surface area (Å²) in [6, 6.07) is 0. The summed E-state index contributed by atoms with van der Waals surface area (Å²) in [4.78, 5) is 29.3. The highest BCUT2D eigenvalue weighted by atomic mass is 32.2. The van der Waals surface area contributed by atoms with Gasteiger partial charge in [-0.3, -0.25) is 19.0 Å². The van der Waals surface area contributed by atoms with Gasteiger partial charge in [0.2, 0.25) is 0 Å². The Morgan fingerprint density at radius 2 is 1.84 bits per heavy atom. The van der Waals surface area contributed by atoms with E-state index in [2.05, 4.69) is 13.8 Å². The second-order valence-electron chi connectivity index (χ2n) is 14.0. The summed E-state index contributed by atoms with van der Waals surface area (Å²) in [6.45, 7) is 9.08. The fourth-order valence-electron chi connectivity index (χ4n) is 9.62. The van der Waals surface area contributed by atoms with Crippen LogP contribution in [0.2, 0.25) is 0 Å². The molecule has 4 saturated carbocycles. The molecule has 1 heterocycles. The summed E-state index contributed by atoms with van der Waals surface area (Å²) in [5.41, 5.74) is -1.12. The monoisotopic (exact) mass is 539 g/mol. The van der Waals surface area contributed by atoms with Crippen molar-refractivity contribution in [1.29, 1.82) is 0 Å². The van der Waals surface area contributed by atoms with Crippen LogP contribution in [0.15, 0.2) is 0 Å². The fraction of sp³-hybridized carbons (Fsp3) is 0.929. The molecule has 4 aliphatic carbocycles. The molecule has 37 heavy (non-hydrogen) atoms. The highest BCUT2D eigenvalue weighted by Gasteiger charge is 2.64. The van der Waals surface area contributed by atoms with Gasteiger partial charge in [0.15, 0.2) is 0 Å². The summed E-state index contributed by atoms with van der Waals surface area (Å²) in [7, 11) is -4.48. The van der Waals surface area contributed by atoms with Crippen LogP contribution in [0.5, 0.6) is 0 Å². The minimum Gasteiger partial charge on any atom is -0.393 e. The number of aliphatic hydroxyl groups excluding tert-OH is 1. The van der Waals surface area contributed by atoms with Gasteiger partial charge in [0.25, 0.3) is 10.1 Å². The number of ether oxygens (including phenoxy) is 1. The van der Waals surface area contributed by atoms with E-state index in [9.17, 15) is 27.7 Å². The predicted molar refractivity (Wildman–Crippen MR) is 138 cm³/mol. The Kier molecular flexibility index (Phi) is 7.00. The Labute approximate surface area is 221 Å². The average Bonchev–Trinajstić information content (AvgIpc) is 3.12. The third-order valence-electron chi connectivity index (χ3n) is 11.3. The van der Waals surface area contributed by atoms with Crippen molar-refractivity contribution >= 4 is 21.7 Å². The fourth-order valence-corrected chi connectivity index (χ4v) is 10.5. The Morgan fingerprint density at radius 1 is 1.11 bits per heavy atom. The van der Waals surface area contributed by atoms with E-state index in [0.717, 1.165) is 38.5 Å². The molecule has 8 nitrogen and oxygen atoms in total. The van der Waals surface area contributed by atoms with Gasteiger partial charge in [-0.05, 0) is 87.4 Å². The Balaban J connectivity index is 1.36. The highest BCUT2D eigenvalue weighted by Crippen LogP contribution is 2.66. The summed E-state index contributed by atoms with van der Waals surface area (Å²) in [5, 5.41) is 8.98. The van der Waals surface area contributed by atoms with E-state index in [4.69, 9.17) is 4.74 Å². The van der Waals surface area contributed by atoms with Crippen molar-refractivity contribution in [2.24, 2.45) is 40.4 Å². The zero-order valence-electron chi connectivity index (χ0n) is 22.8. The molecule has 1 saturated heterocycles. The van der Waals surface area contributed by atoms with E-state index in [0.29, 0.717) is 38.5 Å².